The Morgan fingerprint density at radius 2 is 1.97 bits per heavy atom. The molecular formula is C22H23FN2O5S. The van der Waals surface area contributed by atoms with E-state index in [1.807, 2.05) is 6.92 Å². The number of hydrogen-bond acceptors (Lipinski definition) is 7. The molecule has 164 valence electrons. The number of benzene rings is 1. The fraction of sp³-hybridized carbons (Fsp3) is 0.409. The number of rotatable bonds is 7. The van der Waals surface area contributed by atoms with E-state index in [4.69, 9.17) is 13.9 Å². The van der Waals surface area contributed by atoms with Crippen molar-refractivity contribution in [3.63, 3.8) is 0 Å². The number of aryl methyl sites for hydroxylation is 1. The molecule has 2 heterocycles. The Hall–Kier alpha value is -2.49. The lowest BCUT2D eigenvalue weighted by Gasteiger charge is -2.28. The second-order valence-corrected chi connectivity index (χ2v) is 8.51. The van der Waals surface area contributed by atoms with Gasteiger partial charge in [-0.05, 0) is 74.7 Å². The number of hydrogen-bond donors (Lipinski definition) is 1. The molecule has 1 aromatic carbocycles. The summed E-state index contributed by atoms with van der Waals surface area (Å²) < 4.78 is 30.8. The number of carbonyl (C=O) groups is 2. The van der Waals surface area contributed by atoms with E-state index < -0.39 is 0 Å². The van der Waals surface area contributed by atoms with Crippen LogP contribution in [0.4, 0.5) is 9.18 Å². The smallest absolute Gasteiger partial charge is 0.290 e. The van der Waals surface area contributed by atoms with Gasteiger partial charge in [-0.25, -0.2) is 9.37 Å². The lowest BCUT2D eigenvalue weighted by molar-refractivity contribution is -0.115. The van der Waals surface area contributed by atoms with Crippen molar-refractivity contribution < 1.29 is 27.9 Å². The molecule has 2 fully saturated rings. The van der Waals surface area contributed by atoms with Crippen molar-refractivity contribution in [3.8, 4) is 11.5 Å². The van der Waals surface area contributed by atoms with Crippen LogP contribution in [0.5, 0.6) is 0 Å². The van der Waals surface area contributed by atoms with E-state index in [-0.39, 0.29) is 35.8 Å². The molecule has 2 atom stereocenters. The van der Waals surface area contributed by atoms with Gasteiger partial charge in [0.15, 0.2) is 0 Å². The molecule has 2 amide bonds. The predicted octanol–water partition coefficient (Wildman–Crippen LogP) is 4.50. The van der Waals surface area contributed by atoms with Crippen molar-refractivity contribution in [2.24, 2.45) is 0 Å². The first kappa shape index (κ1) is 21.7. The maximum Gasteiger partial charge on any atom is 0.290 e. The third kappa shape index (κ3) is 5.61. The number of aromatic nitrogens is 1. The molecule has 0 bridgehead atoms. The highest BCUT2D eigenvalue weighted by molar-refractivity contribution is 8.18. The Bertz CT molecular complexity index is 988. The second kappa shape index (κ2) is 9.76. The summed E-state index contributed by atoms with van der Waals surface area (Å²) in [5, 5.41) is 1.87. The zero-order valence-electron chi connectivity index (χ0n) is 17.1. The zero-order chi connectivity index (χ0) is 21.8. The van der Waals surface area contributed by atoms with Crippen LogP contribution in [0.3, 0.4) is 0 Å². The molecule has 1 N–H and O–H groups in total. The van der Waals surface area contributed by atoms with Crippen molar-refractivity contribution in [1.29, 1.82) is 0 Å². The molecule has 0 radical (unpaired) electrons. The van der Waals surface area contributed by atoms with E-state index in [9.17, 15) is 14.0 Å². The fourth-order valence-corrected chi connectivity index (χ4v) is 4.24. The summed E-state index contributed by atoms with van der Waals surface area (Å²) in [4.78, 5) is 27.6. The number of ether oxygens (including phenoxy) is 2. The molecule has 1 aromatic heterocycles. The van der Waals surface area contributed by atoms with Crippen LogP contribution in [-0.2, 0) is 20.9 Å². The SMILES string of the molecule is Cc1oc(-c2ccc(F)cc2)nc1COC1CCCC(OCC=C2SC(=O)NC2=O)C1. The van der Waals surface area contributed by atoms with Crippen LogP contribution in [0.15, 0.2) is 39.7 Å². The van der Waals surface area contributed by atoms with Crippen LogP contribution in [0.2, 0.25) is 0 Å². The first-order valence-corrected chi connectivity index (χ1v) is 11.0. The van der Waals surface area contributed by atoms with Crippen molar-refractivity contribution >= 4 is 22.9 Å². The van der Waals surface area contributed by atoms with Gasteiger partial charge >= 0.3 is 0 Å². The minimum absolute atomic E-state index is 0.0361. The predicted molar refractivity (Wildman–Crippen MR) is 113 cm³/mol. The quantitative estimate of drug-likeness (QED) is 0.626. The van der Waals surface area contributed by atoms with Gasteiger partial charge in [0.1, 0.15) is 17.3 Å². The van der Waals surface area contributed by atoms with Crippen LogP contribution in [0.1, 0.15) is 37.1 Å². The number of imide groups is 1. The normalized spacial score (nSPS) is 22.8. The summed E-state index contributed by atoms with van der Waals surface area (Å²) in [6.07, 6.45) is 5.33. The van der Waals surface area contributed by atoms with Crippen LogP contribution in [0, 0.1) is 12.7 Å². The third-order valence-corrected chi connectivity index (χ3v) is 6.12. The minimum atomic E-state index is -0.369. The lowest BCUT2D eigenvalue weighted by Crippen LogP contribution is -2.28. The van der Waals surface area contributed by atoms with E-state index in [1.54, 1.807) is 18.2 Å². The molecular weight excluding hydrogens is 423 g/mol. The number of nitrogens with zero attached hydrogens (tertiary/aromatic N) is 1. The average molecular weight is 447 g/mol. The van der Waals surface area contributed by atoms with Gasteiger partial charge < -0.3 is 13.9 Å². The molecule has 1 saturated heterocycles. The molecule has 2 unspecified atom stereocenters. The Balaban J connectivity index is 1.27. The second-order valence-electron chi connectivity index (χ2n) is 7.50. The standard InChI is InChI=1S/C22H23FN2O5S/c1-13-18(24-21(30-13)14-5-7-15(23)8-6-14)12-29-17-4-2-3-16(11-17)28-10-9-19-20(26)25-22(27)31-19/h5-9,16-17H,2-4,10-12H2,1H3,(H,25,26,27). The van der Waals surface area contributed by atoms with Crippen LogP contribution < -0.4 is 5.32 Å². The van der Waals surface area contributed by atoms with Crippen LogP contribution in [0.25, 0.3) is 11.5 Å². The van der Waals surface area contributed by atoms with Gasteiger partial charge in [-0.2, -0.15) is 0 Å². The number of carbonyl (C=O) groups excluding carboxylic acids is 2. The third-order valence-electron chi connectivity index (χ3n) is 5.26. The lowest BCUT2D eigenvalue weighted by atomic mass is 9.95. The monoisotopic (exact) mass is 446 g/mol. The molecule has 31 heavy (non-hydrogen) atoms. The molecule has 0 spiro atoms. The summed E-state index contributed by atoms with van der Waals surface area (Å²) >= 11 is 0.891. The molecule has 2 aromatic rings. The average Bonchev–Trinajstić information content (AvgIpc) is 3.28. The van der Waals surface area contributed by atoms with Gasteiger partial charge in [0, 0.05) is 5.56 Å². The number of thioether (sulfide) groups is 1. The van der Waals surface area contributed by atoms with Gasteiger partial charge in [-0.15, -0.1) is 0 Å². The molecule has 1 saturated carbocycles. The maximum atomic E-state index is 13.1. The number of halogens is 1. The topological polar surface area (TPSA) is 90.7 Å². The van der Waals surface area contributed by atoms with E-state index in [0.717, 1.165) is 43.1 Å². The van der Waals surface area contributed by atoms with Gasteiger partial charge in [0.25, 0.3) is 11.1 Å². The Kier molecular flexibility index (Phi) is 6.84. The highest BCUT2D eigenvalue weighted by Gasteiger charge is 2.26. The molecule has 9 heteroatoms. The van der Waals surface area contributed by atoms with Crippen LogP contribution in [-0.4, -0.2) is 34.9 Å². The first-order chi connectivity index (χ1) is 15.0. The van der Waals surface area contributed by atoms with Gasteiger partial charge in [-0.3, -0.25) is 14.9 Å². The van der Waals surface area contributed by atoms with Crippen LogP contribution >= 0.6 is 11.8 Å². The zero-order valence-corrected chi connectivity index (χ0v) is 17.9. The summed E-state index contributed by atoms with van der Waals surface area (Å²) in [6.45, 7) is 2.45. The minimum Gasteiger partial charge on any atom is -0.441 e. The molecule has 7 nitrogen and oxygen atoms in total. The number of oxazole rings is 1. The van der Waals surface area contributed by atoms with Gasteiger partial charge in [-0.1, -0.05) is 0 Å². The molecule has 1 aliphatic carbocycles. The van der Waals surface area contributed by atoms with Gasteiger partial charge in [0.2, 0.25) is 5.89 Å². The Morgan fingerprint density at radius 3 is 2.68 bits per heavy atom. The Morgan fingerprint density at radius 1 is 1.23 bits per heavy atom. The first-order valence-electron chi connectivity index (χ1n) is 10.2. The highest BCUT2D eigenvalue weighted by Crippen LogP contribution is 2.27. The Labute approximate surface area is 183 Å². The van der Waals surface area contributed by atoms with Crippen molar-refractivity contribution in [3.05, 3.63) is 52.5 Å². The van der Waals surface area contributed by atoms with Crippen molar-refractivity contribution in [2.45, 2.75) is 51.4 Å². The van der Waals surface area contributed by atoms with E-state index in [1.165, 1.54) is 12.1 Å². The van der Waals surface area contributed by atoms with E-state index >= 15 is 0 Å². The van der Waals surface area contributed by atoms with E-state index in [0.29, 0.717) is 28.7 Å². The summed E-state index contributed by atoms with van der Waals surface area (Å²) in [7, 11) is 0. The number of nitrogens with one attached hydrogen (secondary N) is 1. The van der Waals surface area contributed by atoms with E-state index in [2.05, 4.69) is 10.3 Å². The van der Waals surface area contributed by atoms with Crippen molar-refractivity contribution in [1.82, 2.24) is 10.3 Å². The van der Waals surface area contributed by atoms with Crippen molar-refractivity contribution in [2.75, 3.05) is 6.61 Å². The summed E-state index contributed by atoms with van der Waals surface area (Å²) in [5.74, 6) is 0.448. The molecule has 2 aliphatic rings. The highest BCUT2D eigenvalue weighted by atomic mass is 32.2. The molecule has 1 aliphatic heterocycles. The largest absolute Gasteiger partial charge is 0.441 e. The van der Waals surface area contributed by atoms with Gasteiger partial charge in [0.05, 0.1) is 30.3 Å². The number of amides is 2. The summed E-state index contributed by atoms with van der Waals surface area (Å²) in [6, 6.07) is 6.01. The fourth-order valence-electron chi connectivity index (χ4n) is 3.60. The summed E-state index contributed by atoms with van der Waals surface area (Å²) in [5.41, 5.74) is 1.44. The maximum absolute atomic E-state index is 13.1. The molecule has 4 rings (SSSR count).